The minimum atomic E-state index is -0.796. The molecule has 6 nitrogen and oxygen atoms in total. The molecule has 2 aliphatic rings. The van der Waals surface area contributed by atoms with Gasteiger partial charge in [-0.1, -0.05) is 35.5 Å². The third-order valence-corrected chi connectivity index (χ3v) is 5.31. The molecule has 1 saturated carbocycles. The average molecular weight is 328 g/mol. The summed E-state index contributed by atoms with van der Waals surface area (Å²) in [6.07, 6.45) is 5.04. The predicted molar refractivity (Wildman–Crippen MR) is 89.1 cm³/mol. The number of hydrogen-bond acceptors (Lipinski definition) is 5. The van der Waals surface area contributed by atoms with Gasteiger partial charge in [0.2, 0.25) is 0 Å². The fraction of sp³-hybridized carbons (Fsp3) is 0.556. The fourth-order valence-electron chi connectivity index (χ4n) is 3.70. The Hall–Kier alpha value is -1.76. The summed E-state index contributed by atoms with van der Waals surface area (Å²) >= 11 is 0. The molecule has 4 rings (SSSR count). The van der Waals surface area contributed by atoms with Crippen molar-refractivity contribution in [2.75, 3.05) is 13.1 Å². The molecule has 24 heavy (non-hydrogen) atoms. The van der Waals surface area contributed by atoms with Crippen molar-refractivity contribution in [2.45, 2.75) is 50.0 Å². The first-order valence-corrected chi connectivity index (χ1v) is 8.66. The number of benzene rings is 1. The topological polar surface area (TPSA) is 74.4 Å². The second kappa shape index (κ2) is 5.95. The van der Waals surface area contributed by atoms with E-state index >= 15 is 0 Å². The van der Waals surface area contributed by atoms with E-state index in [1.54, 1.807) is 10.9 Å². The number of β-amino-alcohol motifs (C(OH)–C–C–N with tert-alkyl or cyclic N) is 1. The van der Waals surface area contributed by atoms with E-state index in [4.69, 9.17) is 0 Å². The fourth-order valence-corrected chi connectivity index (χ4v) is 3.70. The Morgan fingerprint density at radius 1 is 1.08 bits per heavy atom. The van der Waals surface area contributed by atoms with Crippen LogP contribution in [0.15, 0.2) is 36.5 Å². The van der Waals surface area contributed by atoms with Crippen LogP contribution in [0.3, 0.4) is 0 Å². The van der Waals surface area contributed by atoms with E-state index in [1.165, 1.54) is 5.56 Å². The lowest BCUT2D eigenvalue weighted by Crippen LogP contribution is -2.37. The van der Waals surface area contributed by atoms with Crippen LogP contribution < -0.4 is 0 Å². The molecule has 1 aromatic heterocycles. The van der Waals surface area contributed by atoms with Crippen LogP contribution in [0.5, 0.6) is 0 Å². The first-order chi connectivity index (χ1) is 11.5. The quantitative estimate of drug-likeness (QED) is 0.865. The number of aromatic nitrogens is 3. The van der Waals surface area contributed by atoms with Crippen LogP contribution >= 0.6 is 0 Å². The molecular weight excluding hydrogens is 304 g/mol. The molecule has 128 valence electrons. The van der Waals surface area contributed by atoms with E-state index in [0.717, 1.165) is 38.8 Å². The van der Waals surface area contributed by atoms with Crippen LogP contribution in [-0.4, -0.2) is 48.8 Å². The highest BCUT2D eigenvalue weighted by Gasteiger charge is 2.40. The molecule has 0 amide bonds. The standard InChI is InChI=1S/C18H24N4O2/c23-17(9-10-21(13-17)11-15-5-2-1-3-6-15)14-22-12-16(19-20-22)18(24)7-4-8-18/h1-3,5-6,12,23-24H,4,7-11,13-14H2. The monoisotopic (exact) mass is 328 g/mol. The first-order valence-electron chi connectivity index (χ1n) is 8.66. The molecular formula is C18H24N4O2. The largest absolute Gasteiger partial charge is 0.387 e. The minimum absolute atomic E-state index is 0.418. The molecule has 0 spiro atoms. The lowest BCUT2D eigenvalue weighted by Gasteiger charge is -2.34. The third-order valence-electron chi connectivity index (χ3n) is 5.31. The molecule has 0 bridgehead atoms. The van der Waals surface area contributed by atoms with Crippen molar-refractivity contribution in [3.05, 3.63) is 47.8 Å². The van der Waals surface area contributed by atoms with Gasteiger partial charge in [-0.25, -0.2) is 4.68 Å². The average Bonchev–Trinajstić information content (AvgIpc) is 3.14. The molecule has 2 aromatic rings. The normalized spacial score (nSPS) is 26.4. The molecule has 2 N–H and O–H groups in total. The molecule has 1 aromatic carbocycles. The van der Waals surface area contributed by atoms with Crippen LogP contribution in [0, 0.1) is 0 Å². The van der Waals surface area contributed by atoms with Gasteiger partial charge in [0.25, 0.3) is 0 Å². The second-order valence-electron chi connectivity index (χ2n) is 7.36. The van der Waals surface area contributed by atoms with Gasteiger partial charge in [0.15, 0.2) is 0 Å². The zero-order valence-corrected chi connectivity index (χ0v) is 13.8. The Morgan fingerprint density at radius 2 is 1.88 bits per heavy atom. The van der Waals surface area contributed by atoms with E-state index < -0.39 is 11.2 Å². The number of rotatable bonds is 5. The summed E-state index contributed by atoms with van der Waals surface area (Å²) < 4.78 is 1.68. The number of aliphatic hydroxyl groups is 2. The highest BCUT2D eigenvalue weighted by molar-refractivity contribution is 5.15. The van der Waals surface area contributed by atoms with Gasteiger partial charge in [-0.2, -0.15) is 0 Å². The molecule has 6 heteroatoms. The molecule has 1 saturated heterocycles. The van der Waals surface area contributed by atoms with Gasteiger partial charge in [0.05, 0.1) is 18.3 Å². The summed E-state index contributed by atoms with van der Waals surface area (Å²) in [5, 5.41) is 29.4. The third kappa shape index (κ3) is 3.09. The van der Waals surface area contributed by atoms with Crippen molar-refractivity contribution >= 4 is 0 Å². The zero-order chi connectivity index (χ0) is 16.6. The van der Waals surface area contributed by atoms with Gasteiger partial charge in [0, 0.05) is 19.6 Å². The van der Waals surface area contributed by atoms with Crippen LogP contribution in [-0.2, 0) is 18.7 Å². The SMILES string of the molecule is OC1(Cn2cc(C3(O)CCC3)nn2)CCN(Cc2ccccc2)C1. The highest BCUT2D eigenvalue weighted by Crippen LogP contribution is 2.39. The Morgan fingerprint density at radius 3 is 2.58 bits per heavy atom. The van der Waals surface area contributed by atoms with Crippen molar-refractivity contribution < 1.29 is 10.2 Å². The van der Waals surface area contributed by atoms with E-state index in [1.807, 2.05) is 18.2 Å². The van der Waals surface area contributed by atoms with Gasteiger partial charge >= 0.3 is 0 Å². The second-order valence-corrected chi connectivity index (χ2v) is 7.36. The van der Waals surface area contributed by atoms with E-state index in [0.29, 0.717) is 18.8 Å². The molecule has 2 fully saturated rings. The number of nitrogens with zero attached hydrogens (tertiary/aromatic N) is 4. The zero-order valence-electron chi connectivity index (χ0n) is 13.8. The summed E-state index contributed by atoms with van der Waals surface area (Å²) in [6, 6.07) is 10.3. The highest BCUT2D eigenvalue weighted by atomic mass is 16.3. The molecule has 1 aliphatic carbocycles. The Labute approximate surface area is 141 Å². The van der Waals surface area contributed by atoms with E-state index in [-0.39, 0.29) is 0 Å². The van der Waals surface area contributed by atoms with Crippen LogP contribution in [0.2, 0.25) is 0 Å². The molecule has 1 atom stereocenters. The summed E-state index contributed by atoms with van der Waals surface area (Å²) in [6.45, 7) is 2.77. The minimum Gasteiger partial charge on any atom is -0.387 e. The maximum atomic E-state index is 10.9. The maximum absolute atomic E-state index is 10.9. The summed E-state index contributed by atoms with van der Waals surface area (Å²) in [7, 11) is 0. The Balaban J connectivity index is 1.38. The first kappa shape index (κ1) is 15.7. The van der Waals surface area contributed by atoms with Crippen LogP contribution in [0.25, 0.3) is 0 Å². The number of likely N-dealkylation sites (tertiary alicyclic amines) is 1. The summed E-state index contributed by atoms with van der Waals surface area (Å²) in [4.78, 5) is 2.27. The maximum Gasteiger partial charge on any atom is 0.114 e. The molecule has 0 radical (unpaired) electrons. The summed E-state index contributed by atoms with van der Waals surface area (Å²) in [5.74, 6) is 0. The van der Waals surface area contributed by atoms with E-state index in [2.05, 4.69) is 27.3 Å². The molecule has 2 heterocycles. The van der Waals surface area contributed by atoms with Gasteiger partial charge in [-0.3, -0.25) is 4.90 Å². The van der Waals surface area contributed by atoms with Crippen molar-refractivity contribution in [1.29, 1.82) is 0 Å². The van der Waals surface area contributed by atoms with Crippen molar-refractivity contribution in [2.24, 2.45) is 0 Å². The van der Waals surface area contributed by atoms with Gasteiger partial charge in [-0.05, 0) is 31.2 Å². The summed E-state index contributed by atoms with van der Waals surface area (Å²) in [5.41, 5.74) is 0.311. The molecule has 1 unspecified atom stereocenters. The Kier molecular flexibility index (Phi) is 3.90. The van der Waals surface area contributed by atoms with Crippen molar-refractivity contribution in [3.63, 3.8) is 0 Å². The lowest BCUT2D eigenvalue weighted by molar-refractivity contribution is -0.0428. The predicted octanol–water partition coefficient (Wildman–Crippen LogP) is 1.29. The van der Waals surface area contributed by atoms with Gasteiger partial charge < -0.3 is 10.2 Å². The van der Waals surface area contributed by atoms with Crippen LogP contribution in [0.4, 0.5) is 0 Å². The lowest BCUT2D eigenvalue weighted by atomic mass is 9.78. The smallest absolute Gasteiger partial charge is 0.114 e. The van der Waals surface area contributed by atoms with Crippen molar-refractivity contribution in [1.82, 2.24) is 19.9 Å². The van der Waals surface area contributed by atoms with Crippen molar-refractivity contribution in [3.8, 4) is 0 Å². The molecule has 1 aliphatic heterocycles. The van der Waals surface area contributed by atoms with Gasteiger partial charge in [-0.15, -0.1) is 5.10 Å². The van der Waals surface area contributed by atoms with E-state index in [9.17, 15) is 10.2 Å². The van der Waals surface area contributed by atoms with Gasteiger partial charge in [0.1, 0.15) is 11.3 Å². The Bertz CT molecular complexity index is 698. The number of hydrogen-bond donors (Lipinski definition) is 2. The van der Waals surface area contributed by atoms with Crippen LogP contribution in [0.1, 0.15) is 36.9 Å².